The highest BCUT2D eigenvalue weighted by Crippen LogP contribution is 2.15. The van der Waals surface area contributed by atoms with E-state index in [9.17, 15) is 8.42 Å². The molecule has 0 saturated carbocycles. The third-order valence-electron chi connectivity index (χ3n) is 2.31. The fraction of sp³-hybridized carbons (Fsp3) is 0.700. The molecule has 0 bridgehead atoms. The Hall–Kier alpha value is -0.440. The maximum atomic E-state index is 12.0. The molecule has 0 saturated heterocycles. The number of rotatable bonds is 8. The average molecular weight is 340 g/mol. The summed E-state index contributed by atoms with van der Waals surface area (Å²) in [7, 11) is -3.48. The molecule has 1 heterocycles. The minimum Gasteiger partial charge on any atom is -0.381 e. The predicted molar refractivity (Wildman–Crippen MR) is 72.5 cm³/mol. The summed E-state index contributed by atoms with van der Waals surface area (Å²) >= 11 is 3.25. The minimum atomic E-state index is -3.48. The first kappa shape index (κ1) is 15.6. The number of aryl methyl sites for hydroxylation is 2. The Bertz CT molecular complexity index is 453. The maximum absolute atomic E-state index is 12.0. The van der Waals surface area contributed by atoms with E-state index >= 15 is 0 Å². The number of hydrogen-bond acceptors (Lipinski definition) is 4. The zero-order valence-corrected chi connectivity index (χ0v) is 12.9. The predicted octanol–water partition coefficient (Wildman–Crippen LogP) is 1.11. The Kier molecular flexibility index (Phi) is 6.27. The van der Waals surface area contributed by atoms with Gasteiger partial charge in [0.15, 0.2) is 0 Å². The molecule has 6 nitrogen and oxygen atoms in total. The first-order chi connectivity index (χ1) is 8.49. The quantitative estimate of drug-likeness (QED) is 0.548. The van der Waals surface area contributed by atoms with Crippen LogP contribution in [0.5, 0.6) is 0 Å². The van der Waals surface area contributed by atoms with Gasteiger partial charge in [0, 0.05) is 18.5 Å². The van der Waals surface area contributed by atoms with Crippen LogP contribution in [0.4, 0.5) is 0 Å². The molecule has 1 aromatic heterocycles. The van der Waals surface area contributed by atoms with Crippen LogP contribution in [0, 0.1) is 13.8 Å². The molecule has 0 spiro atoms. The van der Waals surface area contributed by atoms with Crippen molar-refractivity contribution in [2.24, 2.45) is 0 Å². The molecule has 0 aliphatic rings. The number of aromatic amines is 1. The molecule has 0 amide bonds. The van der Waals surface area contributed by atoms with Gasteiger partial charge in [0.05, 0.1) is 18.0 Å². The zero-order chi connectivity index (χ0) is 13.6. The number of nitrogens with one attached hydrogen (secondary N) is 2. The lowest BCUT2D eigenvalue weighted by Crippen LogP contribution is -2.26. The van der Waals surface area contributed by atoms with E-state index < -0.39 is 10.0 Å². The molecule has 0 aromatic carbocycles. The van der Waals surface area contributed by atoms with Crippen LogP contribution in [0.3, 0.4) is 0 Å². The van der Waals surface area contributed by atoms with Crippen molar-refractivity contribution >= 4 is 26.0 Å². The van der Waals surface area contributed by atoms with E-state index in [-0.39, 0.29) is 4.90 Å². The number of aromatic nitrogens is 2. The summed E-state index contributed by atoms with van der Waals surface area (Å²) in [5.74, 6) is 0. The summed E-state index contributed by atoms with van der Waals surface area (Å²) < 4.78 is 31.8. The highest BCUT2D eigenvalue weighted by atomic mass is 79.9. The molecule has 1 aromatic rings. The number of nitrogens with zero attached hydrogens (tertiary/aromatic N) is 1. The molecule has 18 heavy (non-hydrogen) atoms. The molecule has 0 radical (unpaired) electrons. The Labute approximate surface area is 116 Å². The first-order valence-electron chi connectivity index (χ1n) is 5.64. The van der Waals surface area contributed by atoms with E-state index in [0.29, 0.717) is 37.6 Å². The summed E-state index contributed by atoms with van der Waals surface area (Å²) in [6.45, 7) is 4.88. The lowest BCUT2D eigenvalue weighted by Gasteiger charge is -2.07. The maximum Gasteiger partial charge on any atom is 0.244 e. The summed E-state index contributed by atoms with van der Waals surface area (Å²) in [4.78, 5) is 0.240. The van der Waals surface area contributed by atoms with Crippen LogP contribution in [-0.4, -0.2) is 43.7 Å². The van der Waals surface area contributed by atoms with E-state index in [1.807, 2.05) is 0 Å². The minimum absolute atomic E-state index is 0.240. The standard InChI is InChI=1S/C10H18BrN3O3S/c1-8-10(9(2)14-13-8)18(15,16)12-5-3-6-17-7-4-11/h12H,3-7H2,1-2H3,(H,13,14). The summed E-state index contributed by atoms with van der Waals surface area (Å²) in [5, 5.41) is 7.32. The molecule has 0 aliphatic carbocycles. The van der Waals surface area contributed by atoms with Gasteiger partial charge in [-0.1, -0.05) is 15.9 Å². The van der Waals surface area contributed by atoms with Crippen molar-refractivity contribution in [1.29, 1.82) is 0 Å². The summed E-state index contributed by atoms with van der Waals surface area (Å²) in [5.41, 5.74) is 1.03. The number of alkyl halides is 1. The number of halogens is 1. The number of hydrogen-bond donors (Lipinski definition) is 2. The fourth-order valence-electron chi connectivity index (χ4n) is 1.55. The SMILES string of the molecule is Cc1n[nH]c(C)c1S(=O)(=O)NCCCOCCBr. The summed E-state index contributed by atoms with van der Waals surface area (Å²) in [6.07, 6.45) is 0.641. The molecule has 2 N–H and O–H groups in total. The van der Waals surface area contributed by atoms with Gasteiger partial charge in [-0.3, -0.25) is 5.10 Å². The van der Waals surface area contributed by atoms with Crippen molar-refractivity contribution in [1.82, 2.24) is 14.9 Å². The lowest BCUT2D eigenvalue weighted by atomic mass is 10.4. The fourth-order valence-corrected chi connectivity index (χ4v) is 3.22. The Morgan fingerprint density at radius 3 is 2.67 bits per heavy atom. The van der Waals surface area contributed by atoms with Crippen molar-refractivity contribution in [2.45, 2.75) is 25.2 Å². The van der Waals surface area contributed by atoms with Crippen molar-refractivity contribution in [2.75, 3.05) is 25.1 Å². The van der Waals surface area contributed by atoms with Gasteiger partial charge in [0.1, 0.15) is 4.90 Å². The smallest absolute Gasteiger partial charge is 0.244 e. The van der Waals surface area contributed by atoms with Crippen LogP contribution in [0.2, 0.25) is 0 Å². The lowest BCUT2D eigenvalue weighted by molar-refractivity contribution is 0.149. The highest BCUT2D eigenvalue weighted by molar-refractivity contribution is 9.09. The Morgan fingerprint density at radius 1 is 1.39 bits per heavy atom. The van der Waals surface area contributed by atoms with Gasteiger partial charge in [0.25, 0.3) is 0 Å². The van der Waals surface area contributed by atoms with Gasteiger partial charge < -0.3 is 4.74 Å². The highest BCUT2D eigenvalue weighted by Gasteiger charge is 2.21. The zero-order valence-electron chi connectivity index (χ0n) is 10.5. The van der Waals surface area contributed by atoms with Crippen LogP contribution in [0.15, 0.2) is 4.90 Å². The van der Waals surface area contributed by atoms with Gasteiger partial charge in [0.2, 0.25) is 10.0 Å². The number of sulfonamides is 1. The van der Waals surface area contributed by atoms with E-state index in [2.05, 4.69) is 30.8 Å². The van der Waals surface area contributed by atoms with Gasteiger partial charge in [-0.2, -0.15) is 5.10 Å². The first-order valence-corrected chi connectivity index (χ1v) is 8.24. The molecule has 0 unspecified atom stereocenters. The van der Waals surface area contributed by atoms with Gasteiger partial charge >= 0.3 is 0 Å². The second-order valence-corrected chi connectivity index (χ2v) is 6.31. The number of H-pyrrole nitrogens is 1. The molecular weight excluding hydrogens is 322 g/mol. The van der Waals surface area contributed by atoms with Crippen molar-refractivity contribution in [3.8, 4) is 0 Å². The monoisotopic (exact) mass is 339 g/mol. The van der Waals surface area contributed by atoms with Crippen molar-refractivity contribution < 1.29 is 13.2 Å². The molecule has 8 heteroatoms. The van der Waals surface area contributed by atoms with E-state index in [1.165, 1.54) is 0 Å². The van der Waals surface area contributed by atoms with Crippen LogP contribution in [0.25, 0.3) is 0 Å². The van der Waals surface area contributed by atoms with Crippen molar-refractivity contribution in [3.63, 3.8) is 0 Å². The van der Waals surface area contributed by atoms with E-state index in [0.717, 1.165) is 5.33 Å². The molecule has 0 fully saturated rings. The normalized spacial score (nSPS) is 11.9. The van der Waals surface area contributed by atoms with E-state index in [1.54, 1.807) is 13.8 Å². The van der Waals surface area contributed by atoms with Crippen molar-refractivity contribution in [3.05, 3.63) is 11.4 Å². The van der Waals surface area contributed by atoms with Crippen LogP contribution in [-0.2, 0) is 14.8 Å². The van der Waals surface area contributed by atoms with Gasteiger partial charge in [-0.15, -0.1) is 0 Å². The van der Waals surface area contributed by atoms with E-state index in [4.69, 9.17) is 4.74 Å². The third kappa shape index (κ3) is 4.34. The molecule has 1 rings (SSSR count). The topological polar surface area (TPSA) is 84.1 Å². The van der Waals surface area contributed by atoms with Crippen LogP contribution >= 0.6 is 15.9 Å². The van der Waals surface area contributed by atoms with Crippen LogP contribution in [0.1, 0.15) is 17.8 Å². The third-order valence-corrected chi connectivity index (χ3v) is 4.36. The summed E-state index contributed by atoms with van der Waals surface area (Å²) in [6, 6.07) is 0. The number of ether oxygens (including phenoxy) is 1. The second-order valence-electron chi connectivity index (χ2n) is 3.82. The second kappa shape index (κ2) is 7.22. The average Bonchev–Trinajstić information content (AvgIpc) is 2.64. The molecule has 0 aliphatic heterocycles. The Morgan fingerprint density at radius 2 is 2.11 bits per heavy atom. The largest absolute Gasteiger partial charge is 0.381 e. The Balaban J connectivity index is 2.46. The molecular formula is C10H18BrN3O3S. The molecule has 0 atom stereocenters. The van der Waals surface area contributed by atoms with Gasteiger partial charge in [-0.25, -0.2) is 13.1 Å². The van der Waals surface area contributed by atoms with Crippen LogP contribution < -0.4 is 4.72 Å². The van der Waals surface area contributed by atoms with Gasteiger partial charge in [-0.05, 0) is 20.3 Å². The molecule has 104 valence electrons.